The molecule has 5 rings (SSSR count). The van der Waals surface area contributed by atoms with Crippen LogP contribution in [0.1, 0.15) is 37.3 Å². The summed E-state index contributed by atoms with van der Waals surface area (Å²) in [5, 5.41) is 0.0860. The van der Waals surface area contributed by atoms with E-state index in [0.29, 0.717) is 18.5 Å². The molecular weight excluding hydrogens is 457 g/mol. The van der Waals surface area contributed by atoms with Crippen LogP contribution in [0.3, 0.4) is 0 Å². The summed E-state index contributed by atoms with van der Waals surface area (Å²) in [4.78, 5) is 33.5. The van der Waals surface area contributed by atoms with Gasteiger partial charge in [0.2, 0.25) is 0 Å². The minimum absolute atomic E-state index is 0.0690. The van der Waals surface area contributed by atoms with Crippen LogP contribution in [-0.2, 0) is 6.54 Å². The highest BCUT2D eigenvalue weighted by Gasteiger charge is 2.26. The zero-order valence-electron chi connectivity index (χ0n) is 20.5. The number of nitrogens with two attached hydrogens (primary N) is 1. The van der Waals surface area contributed by atoms with E-state index in [0.717, 1.165) is 36.7 Å². The van der Waals surface area contributed by atoms with Crippen LogP contribution < -0.4 is 17.0 Å². The minimum Gasteiger partial charge on any atom is -0.328 e. The quantitative estimate of drug-likeness (QED) is 0.462. The van der Waals surface area contributed by atoms with E-state index in [-0.39, 0.29) is 23.1 Å². The van der Waals surface area contributed by atoms with Crippen LogP contribution in [-0.4, -0.2) is 39.2 Å². The summed E-state index contributed by atoms with van der Waals surface area (Å²) in [5.41, 5.74) is 8.93. The summed E-state index contributed by atoms with van der Waals surface area (Å²) in [6, 6.07) is 16.8. The Morgan fingerprint density at radius 3 is 2.42 bits per heavy atom. The predicted molar refractivity (Wildman–Crippen MR) is 140 cm³/mol. The van der Waals surface area contributed by atoms with Crippen molar-refractivity contribution in [1.82, 2.24) is 19.0 Å². The van der Waals surface area contributed by atoms with Crippen LogP contribution in [0.2, 0.25) is 0 Å². The summed E-state index contributed by atoms with van der Waals surface area (Å²) < 4.78 is 16.9. The Bertz CT molecular complexity index is 1520. The van der Waals surface area contributed by atoms with E-state index in [9.17, 15) is 14.0 Å². The van der Waals surface area contributed by atoms with Gasteiger partial charge in [0.1, 0.15) is 5.82 Å². The summed E-state index contributed by atoms with van der Waals surface area (Å²) in [6.07, 6.45) is 3.76. The number of hydrogen-bond acceptors (Lipinski definition) is 5. The molecule has 1 fully saturated rings. The third-order valence-electron chi connectivity index (χ3n) is 6.89. The molecule has 2 N–H and O–H groups in total. The number of aromatic nitrogens is 3. The van der Waals surface area contributed by atoms with Crippen molar-refractivity contribution in [2.75, 3.05) is 14.1 Å². The molecule has 0 unspecified atom stereocenters. The van der Waals surface area contributed by atoms with Crippen LogP contribution in [0.5, 0.6) is 0 Å². The lowest BCUT2D eigenvalue weighted by molar-refractivity contribution is 0.309. The van der Waals surface area contributed by atoms with Gasteiger partial charge in [-0.1, -0.05) is 36.4 Å². The van der Waals surface area contributed by atoms with Crippen molar-refractivity contribution in [3.05, 3.63) is 93.0 Å². The molecule has 0 amide bonds. The normalized spacial score (nSPS) is 18.1. The standard InChI is InChI=1S/C28H30FN5O2/c1-32(2)17-18-6-8-19(9-7-18)20-4-3-5-24(14-20)33-26-25(15-21(29)16-31-26)27(35)34(28(33)36)23-12-10-22(30)11-13-23/h3-9,14-16,22-23H,10-13,17,30H2,1-2H3. The number of pyridine rings is 1. The molecule has 1 aliphatic carbocycles. The highest BCUT2D eigenvalue weighted by Crippen LogP contribution is 2.27. The van der Waals surface area contributed by atoms with Crippen LogP contribution >= 0.6 is 0 Å². The van der Waals surface area contributed by atoms with Gasteiger partial charge in [0.15, 0.2) is 5.65 Å². The first kappa shape index (κ1) is 24.1. The van der Waals surface area contributed by atoms with Gasteiger partial charge >= 0.3 is 5.69 Å². The maximum atomic E-state index is 14.2. The van der Waals surface area contributed by atoms with E-state index >= 15 is 0 Å². The Hall–Kier alpha value is -3.62. The zero-order valence-corrected chi connectivity index (χ0v) is 20.5. The lowest BCUT2D eigenvalue weighted by Gasteiger charge is -2.28. The fraction of sp³-hybridized carbons (Fsp3) is 0.321. The maximum absolute atomic E-state index is 14.2. The van der Waals surface area contributed by atoms with Gasteiger partial charge < -0.3 is 10.6 Å². The van der Waals surface area contributed by atoms with Gasteiger partial charge in [0, 0.05) is 18.6 Å². The van der Waals surface area contributed by atoms with E-state index in [2.05, 4.69) is 34.1 Å². The molecule has 1 saturated carbocycles. The van der Waals surface area contributed by atoms with Gasteiger partial charge in [-0.3, -0.25) is 9.36 Å². The Morgan fingerprint density at radius 1 is 1.00 bits per heavy atom. The van der Waals surface area contributed by atoms with Gasteiger partial charge in [-0.05, 0) is 74.7 Å². The second kappa shape index (κ2) is 9.79. The van der Waals surface area contributed by atoms with Gasteiger partial charge in [0.05, 0.1) is 17.3 Å². The fourth-order valence-electron chi connectivity index (χ4n) is 5.09. The number of benzene rings is 2. The highest BCUT2D eigenvalue weighted by atomic mass is 19.1. The first-order valence-corrected chi connectivity index (χ1v) is 12.2. The molecule has 7 nitrogen and oxygen atoms in total. The monoisotopic (exact) mass is 487 g/mol. The molecule has 2 aromatic heterocycles. The number of nitrogens with zero attached hydrogens (tertiary/aromatic N) is 4. The number of fused-ring (bicyclic) bond motifs is 1. The Labute approximate surface area is 208 Å². The van der Waals surface area contributed by atoms with E-state index in [1.54, 1.807) is 6.07 Å². The van der Waals surface area contributed by atoms with Crippen LogP contribution in [0.4, 0.5) is 4.39 Å². The first-order chi connectivity index (χ1) is 17.3. The maximum Gasteiger partial charge on any atom is 0.337 e. The SMILES string of the molecule is CN(C)Cc1ccc(-c2cccc(-n3c(=O)n(C4CCC(N)CC4)c(=O)c4cc(F)cnc43)c2)cc1. The fourth-order valence-corrected chi connectivity index (χ4v) is 5.09. The number of rotatable bonds is 5. The minimum atomic E-state index is -0.617. The molecule has 2 aromatic carbocycles. The molecule has 4 aromatic rings. The molecular formula is C28H30FN5O2. The van der Waals surface area contributed by atoms with Crippen molar-refractivity contribution in [3.8, 4) is 16.8 Å². The number of hydrogen-bond donors (Lipinski definition) is 1. The molecule has 186 valence electrons. The van der Waals surface area contributed by atoms with E-state index in [4.69, 9.17) is 5.73 Å². The lowest BCUT2D eigenvalue weighted by atomic mass is 9.91. The molecule has 1 aliphatic rings. The van der Waals surface area contributed by atoms with Gasteiger partial charge in [-0.2, -0.15) is 0 Å². The zero-order chi connectivity index (χ0) is 25.4. The van der Waals surface area contributed by atoms with Gasteiger partial charge in [-0.15, -0.1) is 0 Å². The van der Waals surface area contributed by atoms with Gasteiger partial charge in [-0.25, -0.2) is 18.7 Å². The second-order valence-corrected chi connectivity index (χ2v) is 9.87. The predicted octanol–water partition coefficient (Wildman–Crippen LogP) is 3.86. The largest absolute Gasteiger partial charge is 0.337 e. The Morgan fingerprint density at radius 2 is 1.72 bits per heavy atom. The second-order valence-electron chi connectivity index (χ2n) is 9.87. The van der Waals surface area contributed by atoms with Crippen LogP contribution in [0, 0.1) is 5.82 Å². The smallest absolute Gasteiger partial charge is 0.328 e. The lowest BCUT2D eigenvalue weighted by Crippen LogP contribution is -2.44. The van der Waals surface area contributed by atoms with Crippen molar-refractivity contribution in [2.45, 2.75) is 44.3 Å². The van der Waals surface area contributed by atoms with Gasteiger partial charge in [0.25, 0.3) is 5.56 Å². The van der Waals surface area contributed by atoms with Crippen molar-refractivity contribution in [3.63, 3.8) is 0 Å². The highest BCUT2D eigenvalue weighted by molar-refractivity contribution is 5.76. The molecule has 36 heavy (non-hydrogen) atoms. The number of halogens is 1. The molecule has 0 saturated heterocycles. The van der Waals surface area contributed by atoms with Crippen molar-refractivity contribution in [1.29, 1.82) is 0 Å². The first-order valence-electron chi connectivity index (χ1n) is 12.2. The topological polar surface area (TPSA) is 86.1 Å². The molecule has 0 spiro atoms. The summed E-state index contributed by atoms with van der Waals surface area (Å²) in [6.45, 7) is 0.845. The summed E-state index contributed by atoms with van der Waals surface area (Å²) >= 11 is 0. The van der Waals surface area contributed by atoms with E-state index in [1.165, 1.54) is 20.8 Å². The Balaban J connectivity index is 1.66. The van der Waals surface area contributed by atoms with E-state index < -0.39 is 17.1 Å². The van der Waals surface area contributed by atoms with Crippen molar-refractivity contribution < 1.29 is 4.39 Å². The summed E-state index contributed by atoms with van der Waals surface area (Å²) in [5.74, 6) is -0.617. The third-order valence-corrected chi connectivity index (χ3v) is 6.89. The molecule has 0 atom stereocenters. The molecule has 0 aliphatic heterocycles. The average Bonchev–Trinajstić information content (AvgIpc) is 2.86. The van der Waals surface area contributed by atoms with Crippen LogP contribution in [0.15, 0.2) is 70.4 Å². The third kappa shape index (κ3) is 4.62. The molecule has 2 heterocycles. The van der Waals surface area contributed by atoms with Crippen molar-refractivity contribution in [2.24, 2.45) is 5.73 Å². The molecule has 8 heteroatoms. The summed E-state index contributed by atoms with van der Waals surface area (Å²) in [7, 11) is 4.06. The Kier molecular flexibility index (Phi) is 6.55. The van der Waals surface area contributed by atoms with E-state index in [1.807, 2.05) is 32.3 Å². The van der Waals surface area contributed by atoms with Crippen molar-refractivity contribution >= 4 is 11.0 Å². The molecule has 0 bridgehead atoms. The van der Waals surface area contributed by atoms with Crippen LogP contribution in [0.25, 0.3) is 27.8 Å². The average molecular weight is 488 g/mol. The molecule has 0 radical (unpaired) electrons.